The van der Waals surface area contributed by atoms with Crippen LogP contribution in [0, 0.1) is 0 Å². The Bertz CT molecular complexity index is 897. The number of nitrogens with one attached hydrogen (secondary N) is 1. The van der Waals surface area contributed by atoms with Gasteiger partial charge in [0.2, 0.25) is 5.91 Å². The summed E-state index contributed by atoms with van der Waals surface area (Å²) < 4.78 is 1.08. The first kappa shape index (κ1) is 21.4. The van der Waals surface area contributed by atoms with Crippen LogP contribution in [-0.4, -0.2) is 24.0 Å². The maximum atomic E-state index is 12.4. The number of hydrogen-bond acceptors (Lipinski definition) is 5. The van der Waals surface area contributed by atoms with E-state index in [1.807, 2.05) is 48.5 Å². The Kier molecular flexibility index (Phi) is 7.44. The molecule has 3 N–H and O–H groups in total. The lowest BCUT2D eigenvalue weighted by molar-refractivity contribution is -0.117. The summed E-state index contributed by atoms with van der Waals surface area (Å²) >= 11 is 1.67. The number of nitrogens with zero attached hydrogens (tertiary/aromatic N) is 2. The van der Waals surface area contributed by atoms with Crippen LogP contribution in [-0.2, 0) is 4.79 Å². The number of thiazole rings is 1. The second-order valence-corrected chi connectivity index (χ2v) is 7.26. The van der Waals surface area contributed by atoms with Gasteiger partial charge in [-0.15, -0.1) is 24.8 Å². The first-order valence-corrected chi connectivity index (χ1v) is 9.29. The molecule has 5 nitrogen and oxygen atoms in total. The van der Waals surface area contributed by atoms with Crippen molar-refractivity contribution in [1.82, 2.24) is 4.98 Å². The summed E-state index contributed by atoms with van der Waals surface area (Å²) in [6.45, 7) is 2.16. The molecule has 4 rings (SSSR count). The molecule has 144 valence electrons. The van der Waals surface area contributed by atoms with E-state index in [0.717, 1.165) is 39.7 Å². The first-order chi connectivity index (χ1) is 12.2. The van der Waals surface area contributed by atoms with Gasteiger partial charge >= 0.3 is 0 Å². The predicted molar refractivity (Wildman–Crippen MR) is 118 cm³/mol. The predicted octanol–water partition coefficient (Wildman–Crippen LogP) is 4.38. The molecule has 0 aliphatic carbocycles. The maximum Gasteiger partial charge on any atom is 0.245 e. The smallest absolute Gasteiger partial charge is 0.245 e. The van der Waals surface area contributed by atoms with E-state index in [4.69, 9.17) is 10.7 Å². The van der Waals surface area contributed by atoms with Gasteiger partial charge in [0.05, 0.1) is 10.2 Å². The number of carbonyl (C=O) groups excluding carboxylic acids is 1. The van der Waals surface area contributed by atoms with E-state index in [0.29, 0.717) is 0 Å². The third-order valence-corrected chi connectivity index (χ3v) is 5.54. The van der Waals surface area contributed by atoms with Gasteiger partial charge in [-0.05, 0) is 36.6 Å². The lowest BCUT2D eigenvalue weighted by Gasteiger charge is -2.12. The summed E-state index contributed by atoms with van der Waals surface area (Å²) in [5, 5.41) is 3.98. The second-order valence-electron chi connectivity index (χ2n) is 6.25. The summed E-state index contributed by atoms with van der Waals surface area (Å²) in [6.07, 6.45) is 2.46. The molecule has 0 spiro atoms. The van der Waals surface area contributed by atoms with Gasteiger partial charge in [-0.3, -0.25) is 4.79 Å². The van der Waals surface area contributed by atoms with Crippen LogP contribution in [0.2, 0.25) is 0 Å². The summed E-state index contributed by atoms with van der Waals surface area (Å²) in [5.74, 6) is -0.213. The third kappa shape index (κ3) is 4.71. The largest absolute Gasteiger partial charge is 0.348 e. The molecule has 1 atom stereocenters. The van der Waals surface area contributed by atoms with Gasteiger partial charge in [0.15, 0.2) is 5.13 Å². The molecule has 1 amide bonds. The van der Waals surface area contributed by atoms with Crippen LogP contribution in [0.4, 0.5) is 10.8 Å². The zero-order chi connectivity index (χ0) is 17.2. The van der Waals surface area contributed by atoms with E-state index >= 15 is 0 Å². The van der Waals surface area contributed by atoms with Crippen LogP contribution in [0.5, 0.6) is 0 Å². The highest BCUT2D eigenvalue weighted by atomic mass is 35.5. The standard InChI is InChI=1S/C19H20N4OS.2ClH/c20-17(13-6-2-1-3-7-13)18(24)21-14-8-9-15-16(12-14)25-19(22-15)23-10-4-5-11-23;;/h1-3,6-9,12,17H,4-5,10-11,20H2,(H,21,24);2*1H. The van der Waals surface area contributed by atoms with Crippen molar-refractivity contribution in [3.8, 4) is 0 Å². The number of benzene rings is 2. The lowest BCUT2D eigenvalue weighted by atomic mass is 10.1. The Balaban J connectivity index is 0.00000131. The van der Waals surface area contributed by atoms with Crippen molar-refractivity contribution >= 4 is 63.1 Å². The zero-order valence-corrected chi connectivity index (χ0v) is 17.1. The molecular weight excluding hydrogens is 403 g/mol. The maximum absolute atomic E-state index is 12.4. The van der Waals surface area contributed by atoms with Gasteiger partial charge in [-0.1, -0.05) is 41.7 Å². The molecule has 1 fully saturated rings. The Morgan fingerprint density at radius 3 is 2.52 bits per heavy atom. The SMILES string of the molecule is Cl.Cl.NC(C(=O)Nc1ccc2nc(N3CCCC3)sc2c1)c1ccccc1. The number of anilines is 2. The topological polar surface area (TPSA) is 71.2 Å². The monoisotopic (exact) mass is 424 g/mol. The average molecular weight is 425 g/mol. The summed E-state index contributed by atoms with van der Waals surface area (Å²) in [6, 6.07) is 14.5. The van der Waals surface area contributed by atoms with E-state index in [1.165, 1.54) is 12.8 Å². The number of rotatable bonds is 4. The Hall–Kier alpha value is -1.86. The molecule has 2 aromatic carbocycles. The van der Waals surface area contributed by atoms with Crippen LogP contribution in [0.1, 0.15) is 24.4 Å². The van der Waals surface area contributed by atoms with Crippen LogP contribution in [0.15, 0.2) is 48.5 Å². The molecule has 1 unspecified atom stereocenters. The molecular formula is C19H22Cl2N4OS. The highest BCUT2D eigenvalue weighted by molar-refractivity contribution is 7.22. The minimum absolute atomic E-state index is 0. The Labute approximate surface area is 174 Å². The Morgan fingerprint density at radius 2 is 1.81 bits per heavy atom. The van der Waals surface area contributed by atoms with E-state index in [9.17, 15) is 4.79 Å². The molecule has 1 saturated heterocycles. The zero-order valence-electron chi connectivity index (χ0n) is 14.6. The number of hydrogen-bond donors (Lipinski definition) is 2. The number of halogens is 2. The van der Waals surface area contributed by atoms with E-state index in [2.05, 4.69) is 10.2 Å². The second kappa shape index (κ2) is 9.37. The molecule has 8 heteroatoms. The van der Waals surface area contributed by atoms with Crippen LogP contribution < -0.4 is 16.0 Å². The van der Waals surface area contributed by atoms with Gasteiger partial charge in [0.25, 0.3) is 0 Å². The fourth-order valence-electron chi connectivity index (χ4n) is 3.07. The van der Waals surface area contributed by atoms with Gasteiger partial charge in [0.1, 0.15) is 6.04 Å². The van der Waals surface area contributed by atoms with Crippen molar-refractivity contribution in [2.75, 3.05) is 23.3 Å². The number of amides is 1. The van der Waals surface area contributed by atoms with Crippen molar-refractivity contribution in [1.29, 1.82) is 0 Å². The van der Waals surface area contributed by atoms with E-state index in [-0.39, 0.29) is 30.7 Å². The molecule has 0 saturated carbocycles. The Morgan fingerprint density at radius 1 is 1.11 bits per heavy atom. The first-order valence-electron chi connectivity index (χ1n) is 8.48. The summed E-state index contributed by atoms with van der Waals surface area (Å²) in [7, 11) is 0. The minimum atomic E-state index is -0.682. The van der Waals surface area contributed by atoms with Gasteiger partial charge in [-0.2, -0.15) is 0 Å². The highest BCUT2D eigenvalue weighted by Gasteiger charge is 2.18. The van der Waals surface area contributed by atoms with Crippen molar-refractivity contribution in [2.24, 2.45) is 5.73 Å². The molecule has 2 heterocycles. The number of nitrogens with two attached hydrogens (primary N) is 1. The molecule has 3 aromatic rings. The molecule has 0 bridgehead atoms. The van der Waals surface area contributed by atoms with Crippen molar-refractivity contribution in [2.45, 2.75) is 18.9 Å². The van der Waals surface area contributed by atoms with Gasteiger partial charge in [0, 0.05) is 18.8 Å². The summed E-state index contributed by atoms with van der Waals surface area (Å²) in [5.41, 5.74) is 8.58. The molecule has 1 aliphatic rings. The van der Waals surface area contributed by atoms with Crippen LogP contribution >= 0.6 is 36.2 Å². The van der Waals surface area contributed by atoms with E-state index in [1.54, 1.807) is 11.3 Å². The van der Waals surface area contributed by atoms with Crippen molar-refractivity contribution in [3.05, 3.63) is 54.1 Å². The normalized spacial score (nSPS) is 14.3. The van der Waals surface area contributed by atoms with Crippen molar-refractivity contribution in [3.63, 3.8) is 0 Å². The number of fused-ring (bicyclic) bond motifs is 1. The van der Waals surface area contributed by atoms with Crippen LogP contribution in [0.3, 0.4) is 0 Å². The minimum Gasteiger partial charge on any atom is -0.348 e. The quantitative estimate of drug-likeness (QED) is 0.651. The van der Waals surface area contributed by atoms with Crippen LogP contribution in [0.25, 0.3) is 10.2 Å². The molecule has 27 heavy (non-hydrogen) atoms. The lowest BCUT2D eigenvalue weighted by Crippen LogP contribution is -2.27. The van der Waals surface area contributed by atoms with Gasteiger partial charge in [-0.25, -0.2) is 4.98 Å². The molecule has 1 aromatic heterocycles. The molecule has 0 radical (unpaired) electrons. The van der Waals surface area contributed by atoms with E-state index < -0.39 is 6.04 Å². The molecule has 1 aliphatic heterocycles. The average Bonchev–Trinajstić information content (AvgIpc) is 3.30. The fraction of sp³-hybridized carbons (Fsp3) is 0.263. The number of aromatic nitrogens is 1. The van der Waals surface area contributed by atoms with Gasteiger partial charge < -0.3 is 16.0 Å². The fourth-order valence-corrected chi connectivity index (χ4v) is 4.12. The summed E-state index contributed by atoms with van der Waals surface area (Å²) in [4.78, 5) is 19.4. The highest BCUT2D eigenvalue weighted by Crippen LogP contribution is 2.32. The number of carbonyl (C=O) groups is 1. The van der Waals surface area contributed by atoms with Crippen molar-refractivity contribution < 1.29 is 4.79 Å². The third-order valence-electron chi connectivity index (χ3n) is 4.46.